The number of morpholine rings is 1. The number of benzene rings is 1. The van der Waals surface area contributed by atoms with Crippen molar-refractivity contribution in [2.45, 2.75) is 18.9 Å². The summed E-state index contributed by atoms with van der Waals surface area (Å²) in [5.41, 5.74) is 2.17. The van der Waals surface area contributed by atoms with Gasteiger partial charge in [-0.1, -0.05) is 17.7 Å². The van der Waals surface area contributed by atoms with E-state index in [0.29, 0.717) is 18.1 Å². The average Bonchev–Trinajstić information content (AvgIpc) is 2.82. The van der Waals surface area contributed by atoms with Gasteiger partial charge in [0.2, 0.25) is 5.91 Å². The number of amides is 1. The van der Waals surface area contributed by atoms with Gasteiger partial charge < -0.3 is 15.0 Å². The van der Waals surface area contributed by atoms with Gasteiger partial charge in [0.1, 0.15) is 0 Å². The fourth-order valence-corrected chi connectivity index (χ4v) is 2.85. The molecule has 0 aliphatic carbocycles. The van der Waals surface area contributed by atoms with Gasteiger partial charge in [0.05, 0.1) is 13.2 Å². The van der Waals surface area contributed by atoms with E-state index >= 15 is 0 Å². The van der Waals surface area contributed by atoms with Crippen LogP contribution in [0.3, 0.4) is 0 Å². The van der Waals surface area contributed by atoms with Crippen LogP contribution in [0.5, 0.6) is 0 Å². The summed E-state index contributed by atoms with van der Waals surface area (Å²) in [5, 5.41) is 3.99. The second-order valence-corrected chi connectivity index (χ2v) is 5.43. The van der Waals surface area contributed by atoms with E-state index in [1.165, 1.54) is 5.56 Å². The molecule has 1 saturated heterocycles. The number of anilines is 1. The van der Waals surface area contributed by atoms with Gasteiger partial charge in [0, 0.05) is 36.3 Å². The summed E-state index contributed by atoms with van der Waals surface area (Å²) >= 11 is 6.01. The van der Waals surface area contributed by atoms with Gasteiger partial charge in [-0.15, -0.1) is 0 Å². The SMILES string of the molecule is O=C(CC1COCCN1)N1CCc2ccc(Cl)cc21. The third kappa shape index (κ3) is 2.76. The van der Waals surface area contributed by atoms with Crippen molar-refractivity contribution >= 4 is 23.2 Å². The molecule has 1 aromatic rings. The average molecular weight is 281 g/mol. The fourth-order valence-electron chi connectivity index (χ4n) is 2.68. The topological polar surface area (TPSA) is 41.6 Å². The Labute approximate surface area is 117 Å². The molecule has 1 unspecified atom stereocenters. The first-order valence-corrected chi connectivity index (χ1v) is 7.02. The molecule has 5 heteroatoms. The zero-order valence-electron chi connectivity index (χ0n) is 10.7. The van der Waals surface area contributed by atoms with E-state index in [2.05, 4.69) is 5.32 Å². The molecule has 1 fully saturated rings. The highest BCUT2D eigenvalue weighted by molar-refractivity contribution is 6.31. The highest BCUT2D eigenvalue weighted by Crippen LogP contribution is 2.31. The van der Waals surface area contributed by atoms with E-state index in [0.717, 1.165) is 31.8 Å². The smallest absolute Gasteiger partial charge is 0.228 e. The first-order valence-electron chi connectivity index (χ1n) is 6.64. The first-order chi connectivity index (χ1) is 9.24. The van der Waals surface area contributed by atoms with Crippen LogP contribution in [0.2, 0.25) is 5.02 Å². The molecule has 1 atom stereocenters. The highest BCUT2D eigenvalue weighted by atomic mass is 35.5. The van der Waals surface area contributed by atoms with Crippen LogP contribution in [-0.4, -0.2) is 38.3 Å². The molecule has 19 heavy (non-hydrogen) atoms. The summed E-state index contributed by atoms with van der Waals surface area (Å²) in [5.74, 6) is 0.143. The molecule has 2 aliphatic rings. The summed E-state index contributed by atoms with van der Waals surface area (Å²) in [7, 11) is 0. The standard InChI is InChI=1S/C14H17ClN2O2/c15-11-2-1-10-3-5-17(13(10)7-11)14(18)8-12-9-19-6-4-16-12/h1-2,7,12,16H,3-6,8-9H2. The molecule has 0 bridgehead atoms. The zero-order chi connectivity index (χ0) is 13.2. The monoisotopic (exact) mass is 280 g/mol. The molecule has 0 saturated carbocycles. The summed E-state index contributed by atoms with van der Waals surface area (Å²) in [6.07, 6.45) is 1.39. The zero-order valence-corrected chi connectivity index (χ0v) is 11.4. The van der Waals surface area contributed by atoms with Gasteiger partial charge in [-0.3, -0.25) is 4.79 Å². The van der Waals surface area contributed by atoms with Crippen molar-refractivity contribution in [3.8, 4) is 0 Å². The Morgan fingerprint density at radius 2 is 2.42 bits per heavy atom. The Kier molecular flexibility index (Phi) is 3.73. The van der Waals surface area contributed by atoms with Crippen LogP contribution in [0.1, 0.15) is 12.0 Å². The van der Waals surface area contributed by atoms with Gasteiger partial charge in [0.15, 0.2) is 0 Å². The van der Waals surface area contributed by atoms with Crippen LogP contribution in [0.15, 0.2) is 18.2 Å². The highest BCUT2D eigenvalue weighted by Gasteiger charge is 2.27. The van der Waals surface area contributed by atoms with Crippen LogP contribution in [0, 0.1) is 0 Å². The quantitative estimate of drug-likeness (QED) is 0.895. The van der Waals surface area contributed by atoms with Crippen molar-refractivity contribution in [1.82, 2.24) is 5.32 Å². The maximum atomic E-state index is 12.4. The Balaban J connectivity index is 1.70. The molecule has 0 aromatic heterocycles. The molecule has 2 aliphatic heterocycles. The molecule has 0 spiro atoms. The Hall–Kier alpha value is -1.10. The molecule has 1 N–H and O–H groups in total. The minimum Gasteiger partial charge on any atom is -0.378 e. The molecular formula is C14H17ClN2O2. The van der Waals surface area contributed by atoms with Crippen molar-refractivity contribution in [2.75, 3.05) is 31.2 Å². The van der Waals surface area contributed by atoms with Gasteiger partial charge in [-0.25, -0.2) is 0 Å². The summed E-state index contributed by atoms with van der Waals surface area (Å²) in [6, 6.07) is 5.90. The Morgan fingerprint density at radius 1 is 1.53 bits per heavy atom. The second-order valence-electron chi connectivity index (χ2n) is 5.00. The van der Waals surface area contributed by atoms with Crippen LogP contribution in [0.25, 0.3) is 0 Å². The summed E-state index contributed by atoms with van der Waals surface area (Å²) < 4.78 is 5.38. The number of carbonyl (C=O) groups excluding carboxylic acids is 1. The van der Waals surface area contributed by atoms with E-state index < -0.39 is 0 Å². The van der Waals surface area contributed by atoms with Crippen LogP contribution >= 0.6 is 11.6 Å². The van der Waals surface area contributed by atoms with E-state index in [4.69, 9.17) is 16.3 Å². The number of carbonyl (C=O) groups is 1. The summed E-state index contributed by atoms with van der Waals surface area (Å²) in [6.45, 7) is 2.91. The molecule has 0 radical (unpaired) electrons. The van der Waals surface area contributed by atoms with E-state index in [1.807, 2.05) is 23.1 Å². The predicted octanol–water partition coefficient (Wildman–Crippen LogP) is 1.61. The molecule has 4 nitrogen and oxygen atoms in total. The Bertz CT molecular complexity index is 486. The van der Waals surface area contributed by atoms with E-state index in [1.54, 1.807) is 0 Å². The lowest BCUT2D eigenvalue weighted by Gasteiger charge is -2.26. The lowest BCUT2D eigenvalue weighted by atomic mass is 10.1. The fraction of sp³-hybridized carbons (Fsp3) is 0.500. The number of nitrogens with one attached hydrogen (secondary N) is 1. The molecule has 3 rings (SSSR count). The van der Waals surface area contributed by atoms with E-state index in [9.17, 15) is 4.79 Å². The van der Waals surface area contributed by atoms with Crippen LogP contribution < -0.4 is 10.2 Å². The molecule has 1 amide bonds. The molecule has 102 valence electrons. The number of rotatable bonds is 2. The van der Waals surface area contributed by atoms with Gasteiger partial charge in [-0.05, 0) is 24.1 Å². The number of fused-ring (bicyclic) bond motifs is 1. The van der Waals surface area contributed by atoms with Crippen LogP contribution in [0.4, 0.5) is 5.69 Å². The molecule has 1 aromatic carbocycles. The van der Waals surface area contributed by atoms with E-state index in [-0.39, 0.29) is 11.9 Å². The first kappa shape index (κ1) is 12.9. The van der Waals surface area contributed by atoms with Crippen molar-refractivity contribution in [1.29, 1.82) is 0 Å². The number of hydrogen-bond acceptors (Lipinski definition) is 3. The number of hydrogen-bond donors (Lipinski definition) is 1. The van der Waals surface area contributed by atoms with Gasteiger partial charge >= 0.3 is 0 Å². The van der Waals surface area contributed by atoms with Crippen molar-refractivity contribution in [2.24, 2.45) is 0 Å². The third-order valence-electron chi connectivity index (χ3n) is 3.66. The number of ether oxygens (including phenoxy) is 1. The maximum absolute atomic E-state index is 12.4. The van der Waals surface area contributed by atoms with Crippen molar-refractivity contribution in [3.63, 3.8) is 0 Å². The molecule has 2 heterocycles. The number of halogens is 1. The second kappa shape index (κ2) is 5.49. The van der Waals surface area contributed by atoms with Gasteiger partial charge in [0.25, 0.3) is 0 Å². The van der Waals surface area contributed by atoms with Crippen molar-refractivity contribution in [3.05, 3.63) is 28.8 Å². The summed E-state index contributed by atoms with van der Waals surface area (Å²) in [4.78, 5) is 14.2. The maximum Gasteiger partial charge on any atom is 0.228 e. The van der Waals surface area contributed by atoms with Crippen LogP contribution in [-0.2, 0) is 16.0 Å². The largest absolute Gasteiger partial charge is 0.378 e. The van der Waals surface area contributed by atoms with Gasteiger partial charge in [-0.2, -0.15) is 0 Å². The Morgan fingerprint density at radius 3 is 3.21 bits per heavy atom. The van der Waals surface area contributed by atoms with Crippen molar-refractivity contribution < 1.29 is 9.53 Å². The predicted molar refractivity (Wildman–Crippen MR) is 74.7 cm³/mol. The lowest BCUT2D eigenvalue weighted by Crippen LogP contribution is -2.45. The minimum absolute atomic E-state index is 0.129. The normalized spacial score (nSPS) is 22.4. The lowest BCUT2D eigenvalue weighted by molar-refractivity contribution is -0.119. The minimum atomic E-state index is 0.129. The number of nitrogens with zero attached hydrogens (tertiary/aromatic N) is 1. The third-order valence-corrected chi connectivity index (χ3v) is 3.90. The molecular weight excluding hydrogens is 264 g/mol.